The predicted octanol–water partition coefficient (Wildman–Crippen LogP) is -0.781. The maximum Gasteiger partial charge on any atom is 0.330 e. The maximum absolute atomic E-state index is 12.5. The number of nitrogens with zero attached hydrogens (tertiary/aromatic N) is 2. The molecular weight excluding hydrogens is 365 g/mol. The summed E-state index contributed by atoms with van der Waals surface area (Å²) in [5.74, 6) is 0. The summed E-state index contributed by atoms with van der Waals surface area (Å²) < 4.78 is 24.3. The number of aromatic amines is 1. The molecule has 1 aromatic rings. The van der Waals surface area contributed by atoms with Gasteiger partial charge in [-0.1, -0.05) is 0 Å². The molecular formula is C15H24N3O7P. The first-order valence-corrected chi connectivity index (χ1v) is 10.1. The Hall–Kier alpha value is -1.29. The Balaban J connectivity index is 1.68. The van der Waals surface area contributed by atoms with Crippen LogP contribution in [0.4, 0.5) is 0 Å². The Morgan fingerprint density at radius 1 is 1.46 bits per heavy atom. The van der Waals surface area contributed by atoms with Crippen LogP contribution in [0.2, 0.25) is 0 Å². The Kier molecular flexibility index (Phi) is 5.26. The highest BCUT2D eigenvalue weighted by atomic mass is 31.2. The van der Waals surface area contributed by atoms with Crippen molar-refractivity contribution in [3.05, 3.63) is 32.6 Å². The number of nitrogens with one attached hydrogen (secondary N) is 1. The predicted molar refractivity (Wildman–Crippen MR) is 89.3 cm³/mol. The monoisotopic (exact) mass is 389 g/mol. The van der Waals surface area contributed by atoms with Gasteiger partial charge in [0.05, 0.1) is 32.8 Å². The number of quaternary nitrogens is 1. The minimum atomic E-state index is -4.17. The van der Waals surface area contributed by atoms with E-state index in [0.29, 0.717) is 18.7 Å². The molecule has 10 nitrogen and oxygen atoms in total. The fourth-order valence-electron chi connectivity index (χ4n) is 3.40. The average Bonchev–Trinajstić information content (AvgIpc) is 3.16. The van der Waals surface area contributed by atoms with Crippen LogP contribution >= 0.6 is 7.75 Å². The fourth-order valence-corrected chi connectivity index (χ4v) is 4.79. The molecule has 1 unspecified atom stereocenters. The molecule has 2 aliphatic rings. The van der Waals surface area contributed by atoms with Crippen LogP contribution in [0.25, 0.3) is 0 Å². The van der Waals surface area contributed by atoms with Gasteiger partial charge < -0.3 is 14.7 Å². The van der Waals surface area contributed by atoms with Crippen LogP contribution < -0.4 is 16.1 Å². The number of H-pyrrole nitrogens is 1. The molecule has 2 fully saturated rings. The summed E-state index contributed by atoms with van der Waals surface area (Å²) in [7, 11) is -2.54. The summed E-state index contributed by atoms with van der Waals surface area (Å²) in [6.07, 6.45) is 0.435. The van der Waals surface area contributed by atoms with Crippen molar-refractivity contribution in [2.75, 3.05) is 26.7 Å². The Bertz CT molecular complexity index is 829. The van der Waals surface area contributed by atoms with Crippen molar-refractivity contribution < 1.29 is 28.1 Å². The van der Waals surface area contributed by atoms with Crippen molar-refractivity contribution >= 4 is 7.75 Å². The molecule has 0 aromatic carbocycles. The number of hydrogen-bond acceptors (Lipinski definition) is 7. The summed E-state index contributed by atoms with van der Waals surface area (Å²) in [6, 6.07) is 0. The van der Waals surface area contributed by atoms with Gasteiger partial charge in [-0.2, -0.15) is 0 Å². The number of aryl methyl sites for hydroxylation is 1. The molecule has 146 valence electrons. The van der Waals surface area contributed by atoms with Crippen LogP contribution in [0.5, 0.6) is 0 Å². The SMILES string of the molecule is Cc1cn([C@H]2C[C@H](O)[C@@H](COP(=O)([O-])[N+]3(C)CCCC3)O2)c(=O)[nH]c1=O. The highest BCUT2D eigenvalue weighted by Gasteiger charge is 2.42. The van der Waals surface area contributed by atoms with E-state index in [-0.39, 0.29) is 17.3 Å². The molecule has 3 rings (SSSR count). The number of aromatic nitrogens is 2. The Morgan fingerprint density at radius 2 is 2.12 bits per heavy atom. The van der Waals surface area contributed by atoms with E-state index in [9.17, 15) is 24.2 Å². The van der Waals surface area contributed by atoms with E-state index >= 15 is 0 Å². The minimum absolute atomic E-state index is 0.0920. The molecule has 26 heavy (non-hydrogen) atoms. The number of hydrogen-bond donors (Lipinski definition) is 2. The van der Waals surface area contributed by atoms with Gasteiger partial charge in [0.15, 0.2) is 0 Å². The van der Waals surface area contributed by atoms with E-state index in [4.69, 9.17) is 9.26 Å². The largest absolute Gasteiger partial charge is 0.730 e. The summed E-state index contributed by atoms with van der Waals surface area (Å²) in [4.78, 5) is 38.0. The van der Waals surface area contributed by atoms with Crippen molar-refractivity contribution in [1.82, 2.24) is 9.55 Å². The summed E-state index contributed by atoms with van der Waals surface area (Å²) in [5, 5.41) is 10.2. The van der Waals surface area contributed by atoms with Gasteiger partial charge in [0.2, 0.25) is 0 Å². The quantitative estimate of drug-likeness (QED) is 0.631. The zero-order chi connectivity index (χ0) is 19.1. The first-order chi connectivity index (χ1) is 12.1. The molecule has 1 aromatic heterocycles. The lowest BCUT2D eigenvalue weighted by Crippen LogP contribution is -2.43. The number of rotatable bonds is 5. The average molecular weight is 389 g/mol. The molecule has 0 radical (unpaired) electrons. The molecule has 0 aliphatic carbocycles. The van der Waals surface area contributed by atoms with E-state index in [1.165, 1.54) is 10.8 Å². The lowest BCUT2D eigenvalue weighted by molar-refractivity contribution is -0.803. The third-order valence-corrected chi connectivity index (χ3v) is 7.24. The van der Waals surface area contributed by atoms with Crippen LogP contribution in [-0.4, -0.2) is 57.9 Å². The number of ether oxygens (including phenoxy) is 1. The molecule has 2 saturated heterocycles. The molecule has 0 bridgehead atoms. The second kappa shape index (κ2) is 7.03. The lowest BCUT2D eigenvalue weighted by Gasteiger charge is -2.40. The van der Waals surface area contributed by atoms with Gasteiger partial charge in [0, 0.05) is 31.0 Å². The Labute approximate surface area is 150 Å². The molecule has 0 saturated carbocycles. The van der Waals surface area contributed by atoms with Crippen molar-refractivity contribution in [2.24, 2.45) is 0 Å². The van der Waals surface area contributed by atoms with Crippen molar-refractivity contribution in [2.45, 2.75) is 44.6 Å². The molecule has 11 heteroatoms. The van der Waals surface area contributed by atoms with Gasteiger partial charge in [0.1, 0.15) is 12.3 Å². The molecule has 0 amide bonds. The van der Waals surface area contributed by atoms with Gasteiger partial charge in [-0.15, -0.1) is 0 Å². The van der Waals surface area contributed by atoms with E-state index in [2.05, 4.69) is 4.98 Å². The van der Waals surface area contributed by atoms with E-state index < -0.39 is 37.4 Å². The smallest absolute Gasteiger partial charge is 0.330 e. The lowest BCUT2D eigenvalue weighted by atomic mass is 10.2. The molecule has 2 N–H and O–H groups in total. The summed E-state index contributed by atoms with van der Waals surface area (Å²) >= 11 is 0. The molecule has 4 atom stereocenters. The first-order valence-electron chi connectivity index (χ1n) is 8.59. The third-order valence-electron chi connectivity index (χ3n) is 5.18. The van der Waals surface area contributed by atoms with Crippen LogP contribution in [-0.2, 0) is 13.8 Å². The summed E-state index contributed by atoms with van der Waals surface area (Å²) in [6.45, 7) is 2.24. The van der Waals surface area contributed by atoms with E-state index in [1.54, 1.807) is 14.0 Å². The van der Waals surface area contributed by atoms with Crippen molar-refractivity contribution in [1.29, 1.82) is 0 Å². The van der Waals surface area contributed by atoms with Gasteiger partial charge in [0.25, 0.3) is 5.56 Å². The number of aliphatic hydroxyl groups excluding tert-OH is 1. The molecule has 3 heterocycles. The highest BCUT2D eigenvalue weighted by molar-refractivity contribution is 7.45. The van der Waals surface area contributed by atoms with Crippen LogP contribution in [0.3, 0.4) is 0 Å². The highest BCUT2D eigenvalue weighted by Crippen LogP contribution is 2.51. The normalized spacial score (nSPS) is 30.4. The van der Waals surface area contributed by atoms with Crippen molar-refractivity contribution in [3.63, 3.8) is 0 Å². The van der Waals surface area contributed by atoms with Gasteiger partial charge in [-0.25, -0.2) is 9.36 Å². The zero-order valence-electron chi connectivity index (χ0n) is 14.8. The Morgan fingerprint density at radius 3 is 2.77 bits per heavy atom. The van der Waals surface area contributed by atoms with Crippen LogP contribution in [0.1, 0.15) is 31.1 Å². The van der Waals surface area contributed by atoms with Crippen molar-refractivity contribution in [3.8, 4) is 0 Å². The first kappa shape index (κ1) is 19.5. The van der Waals surface area contributed by atoms with Gasteiger partial charge in [-0.05, 0) is 6.92 Å². The fraction of sp³-hybridized carbons (Fsp3) is 0.733. The second-order valence-corrected chi connectivity index (χ2v) is 9.33. The molecule has 0 spiro atoms. The summed E-state index contributed by atoms with van der Waals surface area (Å²) in [5.41, 5.74) is -0.804. The van der Waals surface area contributed by atoms with Crippen LogP contribution in [0.15, 0.2) is 15.8 Å². The van der Waals surface area contributed by atoms with Gasteiger partial charge in [-0.3, -0.25) is 23.1 Å². The van der Waals surface area contributed by atoms with E-state index in [0.717, 1.165) is 12.8 Å². The number of aliphatic hydroxyl groups is 1. The second-order valence-electron chi connectivity index (χ2n) is 7.17. The minimum Gasteiger partial charge on any atom is -0.730 e. The van der Waals surface area contributed by atoms with E-state index in [1.807, 2.05) is 0 Å². The topological polar surface area (TPSA) is 134 Å². The zero-order valence-corrected chi connectivity index (χ0v) is 15.7. The van der Waals surface area contributed by atoms with Crippen LogP contribution in [0, 0.1) is 6.92 Å². The van der Waals surface area contributed by atoms with Gasteiger partial charge >= 0.3 is 13.4 Å². The maximum atomic E-state index is 12.5. The molecule has 2 aliphatic heterocycles. The standard InChI is InChI=1S/C15H24N3O7P/c1-10-8-17(15(21)16-14(10)20)13-7-11(19)12(25-13)9-24-26(22,23)18(2)5-3-4-6-18/h8,11-13,19H,3-7,9H2,1-2H3,(H-,16,20,21,22,23)/t11-,12+,13+/m0/s1. The number of likely N-dealkylation sites (tertiary alicyclic amines) is 1. The third kappa shape index (κ3) is 3.58.